The summed E-state index contributed by atoms with van der Waals surface area (Å²) in [6.45, 7) is 0.440. The Labute approximate surface area is 104 Å². The number of thiol groups is 1. The first-order valence-corrected chi connectivity index (χ1v) is 7.60. The van der Waals surface area contributed by atoms with Gasteiger partial charge in [0.1, 0.15) is 0 Å². The maximum absolute atomic E-state index is 11.5. The Balaban J connectivity index is 2.31. The van der Waals surface area contributed by atoms with Crippen molar-refractivity contribution in [2.75, 3.05) is 19.3 Å². The SMILES string of the molecule is CS(=O)(=O)NCCNC(=O)c1cc(S)cs1. The molecule has 0 spiro atoms. The van der Waals surface area contributed by atoms with Crippen LogP contribution in [0.15, 0.2) is 16.3 Å². The van der Waals surface area contributed by atoms with Gasteiger partial charge in [-0.3, -0.25) is 4.79 Å². The number of rotatable bonds is 5. The predicted octanol–water partition coefficient (Wildman–Crippen LogP) is 0.316. The van der Waals surface area contributed by atoms with Crippen molar-refractivity contribution in [3.8, 4) is 0 Å². The van der Waals surface area contributed by atoms with Crippen molar-refractivity contribution in [3.63, 3.8) is 0 Å². The first-order chi connectivity index (χ1) is 7.38. The van der Waals surface area contributed by atoms with E-state index >= 15 is 0 Å². The highest BCUT2D eigenvalue weighted by molar-refractivity contribution is 7.88. The van der Waals surface area contributed by atoms with E-state index in [1.54, 1.807) is 11.4 Å². The van der Waals surface area contributed by atoms with Crippen LogP contribution in [0.2, 0.25) is 0 Å². The van der Waals surface area contributed by atoms with Crippen molar-refractivity contribution in [2.45, 2.75) is 4.90 Å². The van der Waals surface area contributed by atoms with Gasteiger partial charge in [-0.1, -0.05) is 0 Å². The molecule has 0 saturated carbocycles. The molecule has 0 atom stereocenters. The minimum atomic E-state index is -3.19. The third-order valence-corrected chi connectivity index (χ3v) is 3.67. The van der Waals surface area contributed by atoms with Crippen LogP contribution in [0.5, 0.6) is 0 Å². The molecule has 1 heterocycles. The van der Waals surface area contributed by atoms with Crippen LogP contribution >= 0.6 is 24.0 Å². The van der Waals surface area contributed by atoms with Gasteiger partial charge < -0.3 is 5.32 Å². The maximum Gasteiger partial charge on any atom is 0.261 e. The summed E-state index contributed by atoms with van der Waals surface area (Å²) in [6, 6.07) is 1.66. The van der Waals surface area contributed by atoms with E-state index in [1.807, 2.05) is 0 Å². The van der Waals surface area contributed by atoms with Crippen LogP contribution in [-0.4, -0.2) is 33.7 Å². The van der Waals surface area contributed by atoms with Gasteiger partial charge in [0.25, 0.3) is 5.91 Å². The zero-order valence-corrected chi connectivity index (χ0v) is 11.1. The van der Waals surface area contributed by atoms with Gasteiger partial charge in [0.15, 0.2) is 0 Å². The predicted molar refractivity (Wildman–Crippen MR) is 66.8 cm³/mol. The summed E-state index contributed by atoms with van der Waals surface area (Å²) >= 11 is 5.38. The molecule has 2 N–H and O–H groups in total. The molecule has 0 saturated heterocycles. The van der Waals surface area contributed by atoms with Crippen molar-refractivity contribution in [3.05, 3.63) is 16.3 Å². The smallest absolute Gasteiger partial charge is 0.261 e. The van der Waals surface area contributed by atoms with Gasteiger partial charge in [-0.15, -0.1) is 24.0 Å². The molecular formula is C8H12N2O3S3. The second-order valence-electron chi connectivity index (χ2n) is 3.09. The summed E-state index contributed by atoms with van der Waals surface area (Å²) in [5.41, 5.74) is 0. The molecule has 1 rings (SSSR count). The molecule has 1 amide bonds. The number of carbonyl (C=O) groups excluding carboxylic acids is 1. The van der Waals surface area contributed by atoms with E-state index in [0.717, 1.165) is 11.2 Å². The minimum absolute atomic E-state index is 0.184. The number of hydrogen-bond donors (Lipinski definition) is 3. The lowest BCUT2D eigenvalue weighted by Gasteiger charge is -2.03. The molecule has 1 aromatic heterocycles. The molecule has 5 nitrogen and oxygen atoms in total. The van der Waals surface area contributed by atoms with Gasteiger partial charge in [0.2, 0.25) is 10.0 Å². The highest BCUT2D eigenvalue weighted by Gasteiger charge is 2.07. The summed E-state index contributed by atoms with van der Waals surface area (Å²) in [4.78, 5) is 12.8. The van der Waals surface area contributed by atoms with Crippen LogP contribution in [0, 0.1) is 0 Å². The topological polar surface area (TPSA) is 75.3 Å². The Kier molecular flexibility index (Phi) is 4.78. The van der Waals surface area contributed by atoms with Crippen LogP contribution < -0.4 is 10.0 Å². The highest BCUT2D eigenvalue weighted by Crippen LogP contribution is 2.16. The summed E-state index contributed by atoms with van der Waals surface area (Å²) in [6.07, 6.45) is 1.07. The standard InChI is InChI=1S/C8H12N2O3S3/c1-16(12,13)10-3-2-9-8(11)7-4-6(14)5-15-7/h4-5,10,14H,2-3H2,1H3,(H,9,11). The van der Waals surface area contributed by atoms with Gasteiger partial charge in [-0.05, 0) is 6.07 Å². The van der Waals surface area contributed by atoms with Gasteiger partial charge in [-0.2, -0.15) is 0 Å². The Morgan fingerprint density at radius 2 is 2.19 bits per heavy atom. The Bertz CT molecular complexity index is 467. The largest absolute Gasteiger partial charge is 0.350 e. The summed E-state index contributed by atoms with van der Waals surface area (Å²) in [5.74, 6) is -0.222. The fraction of sp³-hybridized carbons (Fsp3) is 0.375. The molecule has 0 aliphatic carbocycles. The number of amides is 1. The molecule has 0 aliphatic heterocycles. The van der Waals surface area contributed by atoms with Gasteiger partial charge in [0.05, 0.1) is 11.1 Å². The molecule has 90 valence electrons. The average molecular weight is 280 g/mol. The van der Waals surface area contributed by atoms with Crippen LogP contribution in [-0.2, 0) is 10.0 Å². The molecule has 0 bridgehead atoms. The van der Waals surface area contributed by atoms with Crippen molar-refractivity contribution >= 4 is 39.9 Å². The molecule has 8 heteroatoms. The van der Waals surface area contributed by atoms with Crippen molar-refractivity contribution < 1.29 is 13.2 Å². The average Bonchev–Trinajstić information content (AvgIpc) is 2.57. The summed E-state index contributed by atoms with van der Waals surface area (Å²) in [7, 11) is -3.19. The lowest BCUT2D eigenvalue weighted by Crippen LogP contribution is -2.33. The lowest BCUT2D eigenvalue weighted by molar-refractivity contribution is 0.0958. The molecule has 1 aromatic rings. The summed E-state index contributed by atoms with van der Waals surface area (Å²) < 4.78 is 23.7. The van der Waals surface area contributed by atoms with E-state index in [9.17, 15) is 13.2 Å². The molecule has 16 heavy (non-hydrogen) atoms. The number of hydrogen-bond acceptors (Lipinski definition) is 5. The molecule has 0 aromatic carbocycles. The Morgan fingerprint density at radius 3 is 2.69 bits per heavy atom. The monoisotopic (exact) mass is 280 g/mol. The van der Waals surface area contributed by atoms with Crippen molar-refractivity contribution in [1.82, 2.24) is 10.0 Å². The number of sulfonamides is 1. The number of carbonyl (C=O) groups is 1. The Morgan fingerprint density at radius 1 is 1.50 bits per heavy atom. The normalized spacial score (nSPS) is 11.4. The van der Waals surface area contributed by atoms with Crippen molar-refractivity contribution in [1.29, 1.82) is 0 Å². The zero-order valence-electron chi connectivity index (χ0n) is 8.56. The van der Waals surface area contributed by atoms with E-state index < -0.39 is 10.0 Å². The first kappa shape index (κ1) is 13.5. The minimum Gasteiger partial charge on any atom is -0.350 e. The van der Waals surface area contributed by atoms with Crippen LogP contribution in [0.25, 0.3) is 0 Å². The quantitative estimate of drug-likeness (QED) is 0.537. The highest BCUT2D eigenvalue weighted by atomic mass is 32.2. The second kappa shape index (κ2) is 5.67. The van der Waals surface area contributed by atoms with E-state index in [4.69, 9.17) is 0 Å². The lowest BCUT2D eigenvalue weighted by atomic mass is 10.4. The number of thiophene rings is 1. The molecule has 0 fully saturated rings. The van der Waals surface area contributed by atoms with Gasteiger partial charge in [-0.25, -0.2) is 13.1 Å². The molecule has 0 radical (unpaired) electrons. The van der Waals surface area contributed by atoms with Crippen LogP contribution in [0.1, 0.15) is 9.67 Å². The maximum atomic E-state index is 11.5. The van der Waals surface area contributed by atoms with Gasteiger partial charge in [0, 0.05) is 23.4 Å². The Hall–Kier alpha value is -0.570. The number of nitrogens with one attached hydrogen (secondary N) is 2. The second-order valence-corrected chi connectivity index (χ2v) is 6.35. The fourth-order valence-electron chi connectivity index (χ4n) is 0.945. The van der Waals surface area contributed by atoms with Crippen LogP contribution in [0.4, 0.5) is 0 Å². The summed E-state index contributed by atoms with van der Waals surface area (Å²) in [5, 5.41) is 4.35. The molecular weight excluding hydrogens is 268 g/mol. The zero-order chi connectivity index (χ0) is 12.2. The van der Waals surface area contributed by atoms with E-state index in [1.165, 1.54) is 11.3 Å². The van der Waals surface area contributed by atoms with E-state index in [2.05, 4.69) is 22.7 Å². The van der Waals surface area contributed by atoms with Crippen LogP contribution in [0.3, 0.4) is 0 Å². The first-order valence-electron chi connectivity index (χ1n) is 4.39. The van der Waals surface area contributed by atoms with E-state index in [0.29, 0.717) is 4.88 Å². The van der Waals surface area contributed by atoms with Crippen molar-refractivity contribution in [2.24, 2.45) is 0 Å². The third-order valence-electron chi connectivity index (χ3n) is 1.58. The molecule has 0 unspecified atom stereocenters. The molecule has 0 aliphatic rings. The fourth-order valence-corrected chi connectivity index (χ4v) is 2.48. The third kappa shape index (κ3) is 4.97. The van der Waals surface area contributed by atoms with Gasteiger partial charge >= 0.3 is 0 Å². The van der Waals surface area contributed by atoms with E-state index in [-0.39, 0.29) is 19.0 Å².